The molecule has 146 valence electrons. The maximum atomic E-state index is 12.9. The second-order valence-electron chi connectivity index (χ2n) is 6.77. The summed E-state index contributed by atoms with van der Waals surface area (Å²) in [6, 6.07) is 11.4. The number of carbonyl (C=O) groups excluding carboxylic acids is 1. The van der Waals surface area contributed by atoms with Crippen LogP contribution in [0.4, 0.5) is 5.69 Å². The van der Waals surface area contributed by atoms with Crippen molar-refractivity contribution in [2.45, 2.75) is 4.90 Å². The van der Waals surface area contributed by atoms with Crippen molar-refractivity contribution in [2.24, 2.45) is 7.05 Å². The molecule has 8 heteroatoms. The van der Waals surface area contributed by atoms with Crippen LogP contribution in [0.2, 0.25) is 0 Å². The number of anilines is 1. The van der Waals surface area contributed by atoms with Gasteiger partial charge in [-0.3, -0.25) is 13.8 Å². The molecule has 3 aromatic rings. The minimum Gasteiger partial charge on any atom is -0.366 e. The third-order valence-corrected chi connectivity index (χ3v) is 6.94. The number of hydrogen-bond donors (Lipinski definition) is 0. The quantitative estimate of drug-likeness (QED) is 0.659. The molecule has 0 radical (unpaired) electrons. The van der Waals surface area contributed by atoms with E-state index < -0.39 is 10.8 Å². The Bertz CT molecular complexity index is 1110. The molecule has 0 spiro atoms. The van der Waals surface area contributed by atoms with Gasteiger partial charge in [0.05, 0.1) is 26.9 Å². The molecular weight excluding hydrogens is 394 g/mol. The molecule has 4 rings (SSSR count). The first-order chi connectivity index (χ1) is 13.5. The average Bonchev–Trinajstić information content (AvgIpc) is 3.25. The van der Waals surface area contributed by atoms with Crippen molar-refractivity contribution >= 4 is 44.6 Å². The zero-order valence-corrected chi connectivity index (χ0v) is 17.4. The third-order valence-electron chi connectivity index (χ3n) is 5.14. The molecule has 0 saturated carbocycles. The van der Waals surface area contributed by atoms with Gasteiger partial charge >= 0.3 is 0 Å². The van der Waals surface area contributed by atoms with Gasteiger partial charge in [0, 0.05) is 44.9 Å². The molecule has 3 heterocycles. The van der Waals surface area contributed by atoms with Crippen LogP contribution in [-0.4, -0.2) is 52.0 Å². The molecule has 1 fully saturated rings. The van der Waals surface area contributed by atoms with Crippen LogP contribution in [0.1, 0.15) is 9.67 Å². The molecule has 2 aromatic heterocycles. The largest absolute Gasteiger partial charge is 0.366 e. The van der Waals surface area contributed by atoms with Crippen molar-refractivity contribution in [2.75, 3.05) is 37.3 Å². The molecular formula is C20H21N3O3S2. The molecule has 28 heavy (non-hydrogen) atoms. The van der Waals surface area contributed by atoms with Gasteiger partial charge < -0.3 is 14.4 Å². The number of carbonyl (C=O) groups is 1. The summed E-state index contributed by atoms with van der Waals surface area (Å²) in [4.78, 5) is 30.5. The highest BCUT2D eigenvalue weighted by atomic mass is 32.2. The summed E-state index contributed by atoms with van der Waals surface area (Å²) in [6.07, 6.45) is 1.55. The van der Waals surface area contributed by atoms with Crippen molar-refractivity contribution in [3.05, 3.63) is 57.0 Å². The lowest BCUT2D eigenvalue weighted by Gasteiger charge is -2.37. The van der Waals surface area contributed by atoms with Crippen molar-refractivity contribution in [3.63, 3.8) is 0 Å². The molecule has 1 aromatic carbocycles. The number of thiophene rings is 1. The minimum atomic E-state index is -1.42. The average molecular weight is 416 g/mol. The maximum Gasteiger partial charge on any atom is 0.269 e. The molecule has 1 amide bonds. The second kappa shape index (κ2) is 7.52. The Labute approximate surface area is 169 Å². The van der Waals surface area contributed by atoms with Gasteiger partial charge in [0.15, 0.2) is 0 Å². The Morgan fingerprint density at radius 3 is 2.43 bits per heavy atom. The molecule has 0 N–H and O–H groups in total. The van der Waals surface area contributed by atoms with Crippen molar-refractivity contribution in [1.82, 2.24) is 9.47 Å². The number of aromatic nitrogens is 1. The normalized spacial score (nSPS) is 15.8. The van der Waals surface area contributed by atoms with Crippen LogP contribution in [0.15, 0.2) is 51.5 Å². The smallest absolute Gasteiger partial charge is 0.269 e. The predicted molar refractivity (Wildman–Crippen MR) is 114 cm³/mol. The lowest BCUT2D eigenvalue weighted by Crippen LogP contribution is -2.49. The molecule has 1 unspecified atom stereocenters. The van der Waals surface area contributed by atoms with Crippen LogP contribution in [0.25, 0.3) is 10.9 Å². The number of piperazine rings is 1. The topological polar surface area (TPSA) is 62.6 Å². The number of fused-ring (bicyclic) bond motifs is 1. The Balaban J connectivity index is 1.71. The fourth-order valence-electron chi connectivity index (χ4n) is 3.71. The summed E-state index contributed by atoms with van der Waals surface area (Å²) in [6.45, 7) is 2.32. The van der Waals surface area contributed by atoms with Crippen LogP contribution >= 0.6 is 11.3 Å². The molecule has 6 nitrogen and oxygen atoms in total. The first-order valence-corrected chi connectivity index (χ1v) is 11.5. The van der Waals surface area contributed by atoms with E-state index in [9.17, 15) is 13.8 Å². The van der Waals surface area contributed by atoms with E-state index in [0.717, 1.165) is 21.5 Å². The first-order valence-electron chi connectivity index (χ1n) is 9.02. The number of amides is 1. The van der Waals surface area contributed by atoms with Crippen LogP contribution in [0.5, 0.6) is 0 Å². The van der Waals surface area contributed by atoms with Crippen LogP contribution in [0.3, 0.4) is 0 Å². The third kappa shape index (κ3) is 3.16. The highest BCUT2D eigenvalue weighted by Gasteiger charge is 2.27. The van der Waals surface area contributed by atoms with Crippen LogP contribution in [0, 0.1) is 0 Å². The van der Waals surface area contributed by atoms with E-state index in [1.54, 1.807) is 17.9 Å². The molecule has 1 aliphatic rings. The summed E-state index contributed by atoms with van der Waals surface area (Å²) >= 11 is 1.44. The van der Waals surface area contributed by atoms with Gasteiger partial charge in [-0.05, 0) is 17.5 Å². The van der Waals surface area contributed by atoms with Gasteiger partial charge in [-0.15, -0.1) is 11.3 Å². The number of nitrogens with zero attached hydrogens (tertiary/aromatic N) is 3. The van der Waals surface area contributed by atoms with Gasteiger partial charge in [0.2, 0.25) is 0 Å². The monoisotopic (exact) mass is 415 g/mol. The van der Waals surface area contributed by atoms with Gasteiger partial charge in [0.25, 0.3) is 11.5 Å². The van der Waals surface area contributed by atoms with E-state index in [1.165, 1.54) is 11.3 Å². The predicted octanol–water partition coefficient (Wildman–Crippen LogP) is 2.30. The summed E-state index contributed by atoms with van der Waals surface area (Å²) in [5.41, 5.74) is 1.32. The molecule has 1 atom stereocenters. The fraction of sp³-hybridized carbons (Fsp3) is 0.300. The van der Waals surface area contributed by atoms with Crippen molar-refractivity contribution in [1.29, 1.82) is 0 Å². The number of rotatable bonds is 3. The SMILES string of the molecule is Cn1c(=O)c(S(C)=O)c(N2CCN(C(=O)c3cccs3)CC2)c2ccccc21. The van der Waals surface area contributed by atoms with Gasteiger partial charge in [-0.1, -0.05) is 24.3 Å². The molecule has 1 aliphatic heterocycles. The number of benzene rings is 1. The highest BCUT2D eigenvalue weighted by molar-refractivity contribution is 7.84. The number of aryl methyl sites for hydroxylation is 1. The van der Waals surface area contributed by atoms with Gasteiger partial charge in [-0.25, -0.2) is 0 Å². The summed E-state index contributed by atoms with van der Waals surface area (Å²) in [5.74, 6) is 0.0442. The summed E-state index contributed by atoms with van der Waals surface area (Å²) < 4.78 is 14.0. The van der Waals surface area contributed by atoms with Crippen molar-refractivity contribution < 1.29 is 9.00 Å². The van der Waals surface area contributed by atoms with Crippen LogP contribution < -0.4 is 10.5 Å². The lowest BCUT2D eigenvalue weighted by atomic mass is 10.1. The summed E-state index contributed by atoms with van der Waals surface area (Å²) in [7, 11) is 0.295. The second-order valence-corrected chi connectivity index (χ2v) is 9.03. The van der Waals surface area contributed by atoms with E-state index >= 15 is 0 Å². The standard InChI is InChI=1S/C20H21N3O3S2/c1-21-15-7-4-3-6-14(15)17(18(20(21)25)28(2)26)22-9-11-23(12-10-22)19(24)16-8-5-13-27-16/h3-8,13H,9-12H2,1-2H3. The Hall–Kier alpha value is -2.45. The number of pyridine rings is 1. The zero-order chi connectivity index (χ0) is 19.8. The minimum absolute atomic E-state index is 0.0442. The zero-order valence-electron chi connectivity index (χ0n) is 15.8. The molecule has 0 bridgehead atoms. The van der Waals surface area contributed by atoms with Crippen molar-refractivity contribution in [3.8, 4) is 0 Å². The van der Waals surface area contributed by atoms with E-state index in [1.807, 2.05) is 46.7 Å². The first kappa shape index (κ1) is 18.9. The highest BCUT2D eigenvalue weighted by Crippen LogP contribution is 2.31. The lowest BCUT2D eigenvalue weighted by molar-refractivity contribution is 0.0751. The van der Waals surface area contributed by atoms with E-state index in [2.05, 4.69) is 4.90 Å². The van der Waals surface area contributed by atoms with Gasteiger partial charge in [-0.2, -0.15) is 0 Å². The van der Waals surface area contributed by atoms with E-state index in [0.29, 0.717) is 31.1 Å². The van der Waals surface area contributed by atoms with E-state index in [4.69, 9.17) is 0 Å². The number of para-hydroxylation sites is 1. The van der Waals surface area contributed by atoms with E-state index in [-0.39, 0.29) is 11.5 Å². The van der Waals surface area contributed by atoms with Gasteiger partial charge in [0.1, 0.15) is 4.90 Å². The Morgan fingerprint density at radius 2 is 1.79 bits per heavy atom. The number of hydrogen-bond acceptors (Lipinski definition) is 5. The van der Waals surface area contributed by atoms with Crippen LogP contribution in [-0.2, 0) is 17.8 Å². The molecule has 0 aliphatic carbocycles. The Kier molecular flexibility index (Phi) is 5.07. The fourth-order valence-corrected chi connectivity index (χ4v) is 5.30. The molecule has 1 saturated heterocycles. The Morgan fingerprint density at radius 1 is 1.07 bits per heavy atom. The summed E-state index contributed by atoms with van der Waals surface area (Å²) in [5, 5.41) is 2.81. The maximum absolute atomic E-state index is 12.9.